The van der Waals surface area contributed by atoms with Gasteiger partial charge in [-0.25, -0.2) is 9.97 Å². The van der Waals surface area contributed by atoms with E-state index in [2.05, 4.69) is 15.3 Å². The molecule has 0 aliphatic heterocycles. The summed E-state index contributed by atoms with van der Waals surface area (Å²) in [6.07, 6.45) is 5.83. The van der Waals surface area contributed by atoms with E-state index < -0.39 is 4.92 Å². The van der Waals surface area contributed by atoms with Gasteiger partial charge in [0.25, 0.3) is 5.69 Å². The van der Waals surface area contributed by atoms with Crippen LogP contribution in [0.5, 0.6) is 5.88 Å². The van der Waals surface area contributed by atoms with E-state index in [1.807, 2.05) is 27.7 Å². The molecule has 0 aliphatic rings. The molecule has 4 rings (SSSR count). The summed E-state index contributed by atoms with van der Waals surface area (Å²) in [5.74, 6) is 0.505. The number of ether oxygens (including phenoxy) is 1. The summed E-state index contributed by atoms with van der Waals surface area (Å²) >= 11 is 18.5. The van der Waals surface area contributed by atoms with Gasteiger partial charge in [0.2, 0.25) is 5.88 Å². The molecule has 0 bridgehead atoms. The minimum Gasteiger partial charge on any atom is -0.481 e. The van der Waals surface area contributed by atoms with Crippen molar-refractivity contribution in [1.82, 2.24) is 19.4 Å². The summed E-state index contributed by atoms with van der Waals surface area (Å²) < 4.78 is 7.14. The third-order valence-corrected chi connectivity index (χ3v) is 7.03. The van der Waals surface area contributed by atoms with Crippen molar-refractivity contribution in [3.63, 3.8) is 0 Å². The number of hydrogen-bond acceptors (Lipinski definition) is 6. The zero-order valence-electron chi connectivity index (χ0n) is 20.4. The van der Waals surface area contributed by atoms with Gasteiger partial charge in [0.1, 0.15) is 0 Å². The molecule has 9 nitrogen and oxygen atoms in total. The Morgan fingerprint density at radius 1 is 1.16 bits per heavy atom. The van der Waals surface area contributed by atoms with Crippen molar-refractivity contribution >= 4 is 51.9 Å². The molecule has 196 valence electrons. The molecule has 0 spiro atoms. The topological polar surface area (TPSA) is 98.3 Å². The van der Waals surface area contributed by atoms with E-state index in [0.717, 1.165) is 22.5 Å². The van der Waals surface area contributed by atoms with Gasteiger partial charge in [-0.15, -0.1) is 0 Å². The summed E-state index contributed by atoms with van der Waals surface area (Å²) in [5, 5.41) is 15.6. The van der Waals surface area contributed by atoms with Crippen LogP contribution in [0, 0.1) is 10.1 Å². The lowest BCUT2D eigenvalue weighted by atomic mass is 10.2. The smallest absolute Gasteiger partial charge is 0.269 e. The zero-order chi connectivity index (χ0) is 27.1. The van der Waals surface area contributed by atoms with Crippen molar-refractivity contribution in [1.29, 1.82) is 0 Å². The highest BCUT2D eigenvalue weighted by Crippen LogP contribution is 2.27. The normalized spacial score (nSPS) is 10.7. The van der Waals surface area contributed by atoms with Crippen LogP contribution in [0.4, 0.5) is 11.4 Å². The molecular weight excluding hydrogens is 547 g/mol. The predicted octanol–water partition coefficient (Wildman–Crippen LogP) is 5.99. The first kappa shape index (κ1) is 27.3. The maximum Gasteiger partial charge on any atom is 0.269 e. The van der Waals surface area contributed by atoms with Crippen LogP contribution in [0.3, 0.4) is 0 Å². The molecule has 38 heavy (non-hydrogen) atoms. The van der Waals surface area contributed by atoms with E-state index in [4.69, 9.17) is 40.2 Å². The Bertz CT molecular complexity index is 1410. The maximum atomic E-state index is 10.9. The van der Waals surface area contributed by atoms with Gasteiger partial charge < -0.3 is 19.5 Å². The Hall–Kier alpha value is -3.73. The molecule has 1 N–H and O–H groups in total. The third kappa shape index (κ3) is 6.97. The number of nitrogens with one attached hydrogen (secondary N) is 1. The fourth-order valence-electron chi connectivity index (χ4n) is 3.77. The Morgan fingerprint density at radius 3 is 2.63 bits per heavy atom. The van der Waals surface area contributed by atoms with Gasteiger partial charge in [-0.3, -0.25) is 10.1 Å². The van der Waals surface area contributed by atoms with E-state index in [1.54, 1.807) is 50.1 Å². The van der Waals surface area contributed by atoms with Gasteiger partial charge in [-0.1, -0.05) is 47.5 Å². The first-order chi connectivity index (χ1) is 18.3. The average Bonchev–Trinajstić information content (AvgIpc) is 3.36. The first-order valence-corrected chi connectivity index (χ1v) is 12.7. The van der Waals surface area contributed by atoms with Crippen molar-refractivity contribution in [2.24, 2.45) is 0 Å². The van der Waals surface area contributed by atoms with Crippen LogP contribution in [-0.2, 0) is 19.5 Å². The summed E-state index contributed by atoms with van der Waals surface area (Å²) in [7, 11) is 1.56. The monoisotopic (exact) mass is 570 g/mol. The van der Waals surface area contributed by atoms with E-state index in [9.17, 15) is 10.1 Å². The number of pyridine rings is 1. The number of benzene rings is 2. The van der Waals surface area contributed by atoms with Crippen molar-refractivity contribution in [2.75, 3.05) is 19.0 Å². The highest BCUT2D eigenvalue weighted by molar-refractivity contribution is 7.80. The fraction of sp³-hybridized carbons (Fsp3) is 0.192. The van der Waals surface area contributed by atoms with Crippen molar-refractivity contribution in [3.8, 4) is 5.88 Å². The largest absolute Gasteiger partial charge is 0.481 e. The Morgan fingerprint density at radius 2 is 1.95 bits per heavy atom. The summed E-state index contributed by atoms with van der Waals surface area (Å²) in [5.41, 5.74) is 3.54. The highest BCUT2D eigenvalue weighted by Gasteiger charge is 2.16. The summed E-state index contributed by atoms with van der Waals surface area (Å²) in [6, 6.07) is 15.6. The number of thiocarbonyl (C=S) groups is 1. The second-order valence-corrected chi connectivity index (χ2v) is 9.51. The number of imidazole rings is 1. The summed E-state index contributed by atoms with van der Waals surface area (Å²) in [6.45, 7) is 1.53. The average molecular weight is 571 g/mol. The summed E-state index contributed by atoms with van der Waals surface area (Å²) in [4.78, 5) is 21.1. The molecule has 0 aliphatic carbocycles. The first-order valence-electron chi connectivity index (χ1n) is 11.5. The quantitative estimate of drug-likeness (QED) is 0.141. The van der Waals surface area contributed by atoms with Gasteiger partial charge in [0.15, 0.2) is 5.11 Å². The van der Waals surface area contributed by atoms with Crippen LogP contribution < -0.4 is 10.1 Å². The Kier molecular flexibility index (Phi) is 9.11. The van der Waals surface area contributed by atoms with Crippen LogP contribution in [0.1, 0.15) is 16.8 Å². The Labute approximate surface area is 235 Å². The van der Waals surface area contributed by atoms with Crippen LogP contribution in [0.25, 0.3) is 0 Å². The van der Waals surface area contributed by atoms with E-state index in [0.29, 0.717) is 47.1 Å². The number of nitro groups is 1. The number of nitro benzene ring substituents is 1. The molecule has 2 heterocycles. The standard InChI is InChI=1S/C26H24Cl2N6O3S/c1-37-24-10-7-20(13-30-24)31-26(38)32(16-19-3-2-4-23(27)25(19)28)12-11-22-14-29-17-33(22)15-18-5-8-21(9-6-18)34(35)36/h2-10,13-14,17H,11-12,15-16H2,1H3,(H,31,38). The van der Waals surface area contributed by atoms with Gasteiger partial charge in [0.05, 0.1) is 40.3 Å². The number of hydrogen-bond donors (Lipinski definition) is 1. The van der Waals surface area contributed by atoms with Gasteiger partial charge in [0, 0.05) is 56.1 Å². The molecule has 0 fully saturated rings. The molecular formula is C26H24Cl2N6O3S. The lowest BCUT2D eigenvalue weighted by Crippen LogP contribution is -2.36. The highest BCUT2D eigenvalue weighted by atomic mass is 35.5. The molecule has 12 heteroatoms. The van der Waals surface area contributed by atoms with Gasteiger partial charge >= 0.3 is 0 Å². The lowest BCUT2D eigenvalue weighted by molar-refractivity contribution is -0.384. The van der Waals surface area contributed by atoms with Crippen LogP contribution in [0.2, 0.25) is 10.0 Å². The number of methoxy groups -OCH3 is 1. The van der Waals surface area contributed by atoms with Crippen molar-refractivity contribution in [3.05, 3.63) is 110 Å². The van der Waals surface area contributed by atoms with Crippen LogP contribution >= 0.6 is 35.4 Å². The fourth-order valence-corrected chi connectivity index (χ4v) is 4.43. The number of nitrogens with zero attached hydrogens (tertiary/aromatic N) is 5. The number of anilines is 1. The molecule has 0 saturated heterocycles. The molecule has 0 saturated carbocycles. The molecule has 0 amide bonds. The third-order valence-electron chi connectivity index (χ3n) is 5.81. The van der Waals surface area contributed by atoms with Crippen molar-refractivity contribution < 1.29 is 9.66 Å². The molecule has 2 aromatic heterocycles. The number of aromatic nitrogens is 3. The minimum atomic E-state index is -0.411. The molecule has 2 aromatic carbocycles. The predicted molar refractivity (Wildman–Crippen MR) is 152 cm³/mol. The van der Waals surface area contributed by atoms with Gasteiger partial charge in [-0.05, 0) is 35.5 Å². The molecule has 0 radical (unpaired) electrons. The SMILES string of the molecule is COc1ccc(NC(=S)N(CCc2cncn2Cc2ccc([N+](=O)[O-])cc2)Cc2cccc(Cl)c2Cl)cn1. The van der Waals surface area contributed by atoms with E-state index in [-0.39, 0.29) is 5.69 Å². The van der Waals surface area contributed by atoms with E-state index >= 15 is 0 Å². The molecule has 0 unspecified atom stereocenters. The second-order valence-electron chi connectivity index (χ2n) is 8.34. The number of halogens is 2. The number of rotatable bonds is 10. The van der Waals surface area contributed by atoms with Crippen LogP contribution in [-0.4, -0.2) is 43.1 Å². The molecule has 0 atom stereocenters. The maximum absolute atomic E-state index is 10.9. The minimum absolute atomic E-state index is 0.0583. The lowest BCUT2D eigenvalue weighted by Gasteiger charge is -2.27. The van der Waals surface area contributed by atoms with E-state index in [1.165, 1.54) is 12.1 Å². The second kappa shape index (κ2) is 12.7. The van der Waals surface area contributed by atoms with Crippen LogP contribution in [0.15, 0.2) is 73.3 Å². The van der Waals surface area contributed by atoms with Crippen molar-refractivity contribution in [2.45, 2.75) is 19.5 Å². The Balaban J connectivity index is 1.50. The van der Waals surface area contributed by atoms with Gasteiger partial charge in [-0.2, -0.15) is 0 Å². The zero-order valence-corrected chi connectivity index (χ0v) is 22.7. The number of non-ortho nitro benzene ring substituents is 1. The molecule has 4 aromatic rings.